The third kappa shape index (κ3) is 8.03. The normalized spacial score (nSPS) is 14.6. The summed E-state index contributed by atoms with van der Waals surface area (Å²) in [7, 11) is 0. The van der Waals surface area contributed by atoms with Crippen LogP contribution in [0, 0.1) is 11.3 Å². The first-order valence-corrected chi connectivity index (χ1v) is 5.54. The van der Waals surface area contributed by atoms with E-state index in [4.69, 9.17) is 0 Å². The number of ketones is 1. The standard InChI is InChI=1S/C13H24O/c1-6-12(14)9-7-8-11(2)10-13(3,4)5/h7,9,11H,6,8,10H2,1-5H3. The summed E-state index contributed by atoms with van der Waals surface area (Å²) in [5.41, 5.74) is 0.391. The van der Waals surface area contributed by atoms with E-state index in [9.17, 15) is 4.79 Å². The van der Waals surface area contributed by atoms with Gasteiger partial charge in [-0.25, -0.2) is 0 Å². The van der Waals surface area contributed by atoms with Gasteiger partial charge in [0.15, 0.2) is 5.78 Å². The van der Waals surface area contributed by atoms with Crippen LogP contribution in [0.5, 0.6) is 0 Å². The van der Waals surface area contributed by atoms with Crippen molar-refractivity contribution >= 4 is 5.78 Å². The van der Waals surface area contributed by atoms with Gasteiger partial charge >= 0.3 is 0 Å². The molecule has 0 saturated carbocycles. The fourth-order valence-corrected chi connectivity index (χ4v) is 1.68. The molecule has 0 radical (unpaired) electrons. The summed E-state index contributed by atoms with van der Waals surface area (Å²) in [6.07, 6.45) is 6.58. The predicted molar refractivity (Wildman–Crippen MR) is 62.3 cm³/mol. The lowest BCUT2D eigenvalue weighted by atomic mass is 9.84. The van der Waals surface area contributed by atoms with Crippen molar-refractivity contribution in [1.82, 2.24) is 0 Å². The monoisotopic (exact) mass is 196 g/mol. The number of rotatable bonds is 5. The highest BCUT2D eigenvalue weighted by Crippen LogP contribution is 2.25. The maximum atomic E-state index is 11.0. The second-order valence-corrected chi connectivity index (χ2v) is 5.33. The van der Waals surface area contributed by atoms with E-state index >= 15 is 0 Å². The first-order chi connectivity index (χ1) is 6.35. The van der Waals surface area contributed by atoms with E-state index in [-0.39, 0.29) is 5.78 Å². The maximum absolute atomic E-state index is 11.0. The van der Waals surface area contributed by atoms with Crippen molar-refractivity contribution in [3.63, 3.8) is 0 Å². The quantitative estimate of drug-likeness (QED) is 0.608. The van der Waals surface area contributed by atoms with E-state index in [0.29, 0.717) is 17.8 Å². The Hall–Kier alpha value is -0.590. The van der Waals surface area contributed by atoms with Crippen LogP contribution in [0.2, 0.25) is 0 Å². The minimum absolute atomic E-state index is 0.230. The second-order valence-electron chi connectivity index (χ2n) is 5.33. The van der Waals surface area contributed by atoms with Crippen LogP contribution in [-0.4, -0.2) is 5.78 Å². The zero-order valence-electron chi connectivity index (χ0n) is 10.3. The molecule has 1 heteroatoms. The van der Waals surface area contributed by atoms with Crippen molar-refractivity contribution in [2.75, 3.05) is 0 Å². The molecule has 0 aromatic heterocycles. The Labute approximate surface area is 88.6 Å². The Morgan fingerprint density at radius 2 is 1.93 bits per heavy atom. The SMILES string of the molecule is CCC(=O)C=CCC(C)CC(C)(C)C. The molecule has 0 heterocycles. The van der Waals surface area contributed by atoms with Crippen molar-refractivity contribution in [2.24, 2.45) is 11.3 Å². The third-order valence-electron chi connectivity index (χ3n) is 2.15. The summed E-state index contributed by atoms with van der Waals surface area (Å²) in [4.78, 5) is 11.0. The molecule has 0 fully saturated rings. The highest BCUT2D eigenvalue weighted by atomic mass is 16.1. The van der Waals surface area contributed by atoms with Gasteiger partial charge in [0, 0.05) is 6.42 Å². The van der Waals surface area contributed by atoms with Crippen LogP contribution in [0.15, 0.2) is 12.2 Å². The first kappa shape index (κ1) is 13.4. The van der Waals surface area contributed by atoms with Crippen LogP contribution in [0.25, 0.3) is 0 Å². The van der Waals surface area contributed by atoms with Gasteiger partial charge in [0.05, 0.1) is 0 Å². The van der Waals surface area contributed by atoms with Gasteiger partial charge in [0.25, 0.3) is 0 Å². The summed E-state index contributed by atoms with van der Waals surface area (Å²) >= 11 is 0. The predicted octanol–water partition coefficient (Wildman–Crippen LogP) is 3.98. The van der Waals surface area contributed by atoms with Crippen molar-refractivity contribution in [3.8, 4) is 0 Å². The number of allylic oxidation sites excluding steroid dienone is 2. The molecule has 0 aromatic rings. The molecule has 1 unspecified atom stereocenters. The fourth-order valence-electron chi connectivity index (χ4n) is 1.68. The molecule has 14 heavy (non-hydrogen) atoms. The third-order valence-corrected chi connectivity index (χ3v) is 2.15. The molecule has 0 aliphatic heterocycles. The lowest BCUT2D eigenvalue weighted by molar-refractivity contribution is -0.114. The first-order valence-electron chi connectivity index (χ1n) is 5.54. The molecule has 0 aliphatic carbocycles. The zero-order chi connectivity index (χ0) is 11.2. The van der Waals surface area contributed by atoms with Gasteiger partial charge < -0.3 is 0 Å². The highest BCUT2D eigenvalue weighted by molar-refractivity contribution is 5.89. The van der Waals surface area contributed by atoms with Gasteiger partial charge in [-0.1, -0.05) is 40.7 Å². The Kier molecular flexibility index (Phi) is 5.75. The van der Waals surface area contributed by atoms with Crippen molar-refractivity contribution in [2.45, 2.75) is 53.9 Å². The molecule has 1 atom stereocenters. The van der Waals surface area contributed by atoms with Crippen molar-refractivity contribution in [1.29, 1.82) is 0 Å². The van der Waals surface area contributed by atoms with E-state index in [1.165, 1.54) is 6.42 Å². The van der Waals surface area contributed by atoms with Gasteiger partial charge in [0.1, 0.15) is 0 Å². The van der Waals surface area contributed by atoms with E-state index in [2.05, 4.69) is 27.7 Å². The molecule has 0 bridgehead atoms. The molecule has 82 valence electrons. The molecule has 0 saturated heterocycles. The molecule has 0 spiro atoms. The van der Waals surface area contributed by atoms with Gasteiger partial charge in [-0.15, -0.1) is 0 Å². The Balaban J connectivity index is 3.80. The van der Waals surface area contributed by atoms with Crippen LogP contribution < -0.4 is 0 Å². The van der Waals surface area contributed by atoms with Crippen LogP contribution in [0.1, 0.15) is 53.9 Å². The highest BCUT2D eigenvalue weighted by Gasteiger charge is 2.13. The van der Waals surface area contributed by atoms with Gasteiger partial charge in [-0.2, -0.15) is 0 Å². The van der Waals surface area contributed by atoms with E-state index in [0.717, 1.165) is 6.42 Å². The molecule has 0 aromatic carbocycles. The Bertz CT molecular complexity index is 196. The van der Waals surface area contributed by atoms with Crippen LogP contribution in [0.4, 0.5) is 0 Å². The minimum Gasteiger partial charge on any atom is -0.295 e. The van der Waals surface area contributed by atoms with E-state index in [1.807, 2.05) is 13.0 Å². The lowest BCUT2D eigenvalue weighted by Gasteiger charge is -2.22. The fraction of sp³-hybridized carbons (Fsp3) is 0.769. The van der Waals surface area contributed by atoms with Crippen molar-refractivity contribution in [3.05, 3.63) is 12.2 Å². The average molecular weight is 196 g/mol. The number of hydrogen-bond donors (Lipinski definition) is 0. The lowest BCUT2D eigenvalue weighted by Crippen LogP contribution is -2.10. The van der Waals surface area contributed by atoms with E-state index in [1.54, 1.807) is 6.08 Å². The summed E-state index contributed by atoms with van der Waals surface area (Å²) in [5.74, 6) is 0.892. The second kappa shape index (κ2) is 6.00. The Morgan fingerprint density at radius 3 is 2.36 bits per heavy atom. The molecule has 0 amide bonds. The summed E-state index contributed by atoms with van der Waals surface area (Å²) in [5, 5.41) is 0. The van der Waals surface area contributed by atoms with Crippen LogP contribution >= 0.6 is 0 Å². The molecule has 0 rings (SSSR count). The summed E-state index contributed by atoms with van der Waals surface area (Å²) in [6, 6.07) is 0. The number of hydrogen-bond acceptors (Lipinski definition) is 1. The topological polar surface area (TPSA) is 17.1 Å². The minimum atomic E-state index is 0.230. The number of carbonyl (C=O) groups excluding carboxylic acids is 1. The van der Waals surface area contributed by atoms with Gasteiger partial charge in [-0.3, -0.25) is 4.79 Å². The number of carbonyl (C=O) groups is 1. The van der Waals surface area contributed by atoms with Crippen LogP contribution in [-0.2, 0) is 4.79 Å². The molecule has 1 nitrogen and oxygen atoms in total. The summed E-state index contributed by atoms with van der Waals surface area (Å²) in [6.45, 7) is 10.9. The van der Waals surface area contributed by atoms with Gasteiger partial charge in [0.2, 0.25) is 0 Å². The van der Waals surface area contributed by atoms with Gasteiger partial charge in [-0.05, 0) is 30.3 Å². The molecule has 0 N–H and O–H groups in total. The smallest absolute Gasteiger partial charge is 0.155 e. The zero-order valence-corrected chi connectivity index (χ0v) is 10.3. The molecular formula is C13H24O. The summed E-state index contributed by atoms with van der Waals surface area (Å²) < 4.78 is 0. The maximum Gasteiger partial charge on any atom is 0.155 e. The average Bonchev–Trinajstić information content (AvgIpc) is 2.00. The van der Waals surface area contributed by atoms with Crippen LogP contribution in [0.3, 0.4) is 0 Å². The Morgan fingerprint density at radius 1 is 1.36 bits per heavy atom. The molecular weight excluding hydrogens is 172 g/mol. The van der Waals surface area contributed by atoms with E-state index < -0.39 is 0 Å². The van der Waals surface area contributed by atoms with Crippen molar-refractivity contribution < 1.29 is 4.79 Å². The molecule has 0 aliphatic rings. The largest absolute Gasteiger partial charge is 0.295 e.